The summed E-state index contributed by atoms with van der Waals surface area (Å²) in [5.41, 5.74) is 0.0643. The number of amides is 2. The van der Waals surface area contributed by atoms with E-state index in [0.29, 0.717) is 30.6 Å². The Labute approximate surface area is 171 Å². The van der Waals surface area contributed by atoms with Crippen molar-refractivity contribution in [2.45, 2.75) is 47.2 Å². The number of pyridine rings is 2. The zero-order valence-corrected chi connectivity index (χ0v) is 17.6. The van der Waals surface area contributed by atoms with Crippen molar-refractivity contribution in [3.05, 3.63) is 63.8 Å². The fraction of sp³-hybridized carbons (Fsp3) is 0.455. The van der Waals surface area contributed by atoms with Crippen LogP contribution >= 0.6 is 0 Å². The van der Waals surface area contributed by atoms with Crippen LogP contribution in [0.2, 0.25) is 0 Å². The molecule has 2 N–H and O–H groups in total. The normalized spacial score (nSPS) is 11.0. The van der Waals surface area contributed by atoms with Gasteiger partial charge in [0, 0.05) is 31.7 Å². The van der Waals surface area contributed by atoms with Crippen LogP contribution < -0.4 is 16.1 Å². The molecule has 2 aromatic heterocycles. The average Bonchev–Trinajstić information content (AvgIpc) is 2.67. The second-order valence-electron chi connectivity index (χ2n) is 7.95. The highest BCUT2D eigenvalue weighted by Gasteiger charge is 2.19. The lowest BCUT2D eigenvalue weighted by Gasteiger charge is -2.14. The van der Waals surface area contributed by atoms with Crippen molar-refractivity contribution in [3.8, 4) is 0 Å². The van der Waals surface area contributed by atoms with E-state index in [0.717, 1.165) is 6.42 Å². The molecule has 0 aliphatic heterocycles. The molecule has 2 heterocycles. The summed E-state index contributed by atoms with van der Waals surface area (Å²) < 4.78 is 1.74. The monoisotopic (exact) mass is 398 g/mol. The molecular formula is C22H30N4O3. The Hall–Kier alpha value is -2.96. The summed E-state index contributed by atoms with van der Waals surface area (Å²) in [5.74, 6) is -0.238. The zero-order chi connectivity index (χ0) is 21.4. The van der Waals surface area contributed by atoms with Gasteiger partial charge in [0.1, 0.15) is 11.1 Å². The van der Waals surface area contributed by atoms with E-state index >= 15 is 0 Å². The van der Waals surface area contributed by atoms with Gasteiger partial charge in [0.05, 0.1) is 12.2 Å². The molecule has 0 atom stereocenters. The maximum atomic E-state index is 12.8. The molecule has 2 amide bonds. The SMILES string of the molecule is CC(C)CCNC(=O)c1cn(CC(C)C)cc(C(=O)NCc2ccccn2)c1=O. The Kier molecular flexibility index (Phi) is 8.12. The summed E-state index contributed by atoms with van der Waals surface area (Å²) in [6.45, 7) is 9.46. The van der Waals surface area contributed by atoms with Crippen LogP contribution in [0.15, 0.2) is 41.6 Å². The molecule has 2 aromatic rings. The van der Waals surface area contributed by atoms with Crippen molar-refractivity contribution in [1.82, 2.24) is 20.2 Å². The van der Waals surface area contributed by atoms with E-state index in [-0.39, 0.29) is 17.7 Å². The lowest BCUT2D eigenvalue weighted by molar-refractivity contribution is 0.0947. The van der Waals surface area contributed by atoms with Crippen LogP contribution in [0, 0.1) is 11.8 Å². The number of rotatable bonds is 9. The maximum Gasteiger partial charge on any atom is 0.257 e. The zero-order valence-electron chi connectivity index (χ0n) is 17.6. The third-order valence-electron chi connectivity index (χ3n) is 4.31. The van der Waals surface area contributed by atoms with Crippen LogP contribution in [0.25, 0.3) is 0 Å². The molecule has 0 fully saturated rings. The summed E-state index contributed by atoms with van der Waals surface area (Å²) in [5, 5.41) is 5.50. The number of hydrogen-bond acceptors (Lipinski definition) is 4. The number of aromatic nitrogens is 2. The first-order valence-corrected chi connectivity index (χ1v) is 9.98. The average molecular weight is 399 g/mol. The van der Waals surface area contributed by atoms with Gasteiger partial charge in [0.2, 0.25) is 5.43 Å². The number of nitrogens with one attached hydrogen (secondary N) is 2. The summed E-state index contributed by atoms with van der Waals surface area (Å²) in [6, 6.07) is 5.40. The van der Waals surface area contributed by atoms with Gasteiger partial charge in [-0.15, -0.1) is 0 Å². The van der Waals surface area contributed by atoms with E-state index in [1.807, 2.05) is 19.9 Å². The summed E-state index contributed by atoms with van der Waals surface area (Å²) >= 11 is 0. The Balaban J connectivity index is 2.26. The number of carbonyl (C=O) groups is 2. The summed E-state index contributed by atoms with van der Waals surface area (Å²) in [4.78, 5) is 42.2. The number of hydrogen-bond donors (Lipinski definition) is 2. The molecule has 0 aliphatic rings. The lowest BCUT2D eigenvalue weighted by Crippen LogP contribution is -2.36. The van der Waals surface area contributed by atoms with Gasteiger partial charge in [-0.25, -0.2) is 0 Å². The quantitative estimate of drug-likeness (QED) is 0.679. The topological polar surface area (TPSA) is 93.1 Å². The third kappa shape index (κ3) is 6.85. The van der Waals surface area contributed by atoms with Gasteiger partial charge in [-0.3, -0.25) is 19.4 Å². The second kappa shape index (κ2) is 10.5. The number of carbonyl (C=O) groups excluding carboxylic acids is 2. The fourth-order valence-corrected chi connectivity index (χ4v) is 2.82. The van der Waals surface area contributed by atoms with Crippen LogP contribution in [0.4, 0.5) is 0 Å². The highest BCUT2D eigenvalue weighted by atomic mass is 16.2. The molecule has 2 rings (SSSR count). The van der Waals surface area contributed by atoms with Crippen molar-refractivity contribution in [3.63, 3.8) is 0 Å². The van der Waals surface area contributed by atoms with E-state index in [9.17, 15) is 14.4 Å². The smallest absolute Gasteiger partial charge is 0.257 e. The maximum absolute atomic E-state index is 12.8. The van der Waals surface area contributed by atoms with Crippen molar-refractivity contribution in [2.75, 3.05) is 6.54 Å². The van der Waals surface area contributed by atoms with Crippen molar-refractivity contribution < 1.29 is 9.59 Å². The molecule has 7 nitrogen and oxygen atoms in total. The largest absolute Gasteiger partial charge is 0.352 e. The van der Waals surface area contributed by atoms with E-state index in [1.54, 1.807) is 22.9 Å². The van der Waals surface area contributed by atoms with Crippen LogP contribution in [-0.4, -0.2) is 27.9 Å². The summed E-state index contributed by atoms with van der Waals surface area (Å²) in [6.07, 6.45) is 5.50. The van der Waals surface area contributed by atoms with Crippen molar-refractivity contribution in [1.29, 1.82) is 0 Å². The fourth-order valence-electron chi connectivity index (χ4n) is 2.82. The predicted octanol–water partition coefficient (Wildman–Crippen LogP) is 2.61. The molecule has 0 aromatic carbocycles. The van der Waals surface area contributed by atoms with Gasteiger partial charge >= 0.3 is 0 Å². The van der Waals surface area contributed by atoms with Gasteiger partial charge < -0.3 is 15.2 Å². The molecule has 0 aliphatic carbocycles. The first kappa shape index (κ1) is 22.3. The van der Waals surface area contributed by atoms with Gasteiger partial charge in [-0.2, -0.15) is 0 Å². The van der Waals surface area contributed by atoms with Gasteiger partial charge in [0.15, 0.2) is 0 Å². The molecule has 7 heteroatoms. The molecule has 156 valence electrons. The third-order valence-corrected chi connectivity index (χ3v) is 4.31. The van der Waals surface area contributed by atoms with E-state index in [4.69, 9.17) is 0 Å². The molecule has 0 unspecified atom stereocenters. The van der Waals surface area contributed by atoms with Crippen molar-refractivity contribution >= 4 is 11.8 Å². The standard InChI is InChI=1S/C22H30N4O3/c1-15(2)8-10-24-21(28)18-13-26(12-16(3)4)14-19(20(18)27)22(29)25-11-17-7-5-6-9-23-17/h5-7,9,13-16H,8,10-12H2,1-4H3,(H,24,28)(H,25,29). The Morgan fingerprint density at radius 2 is 1.66 bits per heavy atom. The molecule has 0 radical (unpaired) electrons. The van der Waals surface area contributed by atoms with E-state index < -0.39 is 17.2 Å². The van der Waals surface area contributed by atoms with Gasteiger partial charge in [-0.05, 0) is 30.4 Å². The van der Waals surface area contributed by atoms with E-state index in [1.165, 1.54) is 12.4 Å². The van der Waals surface area contributed by atoms with Gasteiger partial charge in [-0.1, -0.05) is 33.8 Å². The highest BCUT2D eigenvalue weighted by molar-refractivity contribution is 5.99. The Morgan fingerprint density at radius 3 is 2.21 bits per heavy atom. The minimum Gasteiger partial charge on any atom is -0.352 e. The predicted molar refractivity (Wildman–Crippen MR) is 113 cm³/mol. The van der Waals surface area contributed by atoms with Crippen molar-refractivity contribution in [2.24, 2.45) is 11.8 Å². The Morgan fingerprint density at radius 1 is 1.00 bits per heavy atom. The van der Waals surface area contributed by atoms with Crippen LogP contribution in [-0.2, 0) is 13.1 Å². The van der Waals surface area contributed by atoms with Crippen LogP contribution in [0.5, 0.6) is 0 Å². The molecule has 0 saturated heterocycles. The Bertz CT molecular complexity index is 889. The molecule has 29 heavy (non-hydrogen) atoms. The second-order valence-corrected chi connectivity index (χ2v) is 7.95. The first-order chi connectivity index (χ1) is 13.8. The van der Waals surface area contributed by atoms with Crippen LogP contribution in [0.1, 0.15) is 60.5 Å². The summed E-state index contributed by atoms with van der Waals surface area (Å²) in [7, 11) is 0. The van der Waals surface area contributed by atoms with Gasteiger partial charge in [0.25, 0.3) is 11.8 Å². The number of nitrogens with zero attached hydrogens (tertiary/aromatic N) is 2. The molecular weight excluding hydrogens is 368 g/mol. The lowest BCUT2D eigenvalue weighted by atomic mass is 10.1. The van der Waals surface area contributed by atoms with E-state index in [2.05, 4.69) is 29.5 Å². The molecule has 0 bridgehead atoms. The molecule has 0 saturated carbocycles. The minimum absolute atomic E-state index is 0.0140. The minimum atomic E-state index is -0.564. The highest BCUT2D eigenvalue weighted by Crippen LogP contribution is 2.05. The first-order valence-electron chi connectivity index (χ1n) is 9.98. The molecule has 0 spiro atoms. The van der Waals surface area contributed by atoms with Crippen LogP contribution in [0.3, 0.4) is 0 Å².